The summed E-state index contributed by atoms with van der Waals surface area (Å²) < 4.78 is 40.6. The lowest BCUT2D eigenvalue weighted by molar-refractivity contribution is 0.426. The van der Waals surface area contributed by atoms with Gasteiger partial charge in [-0.15, -0.1) is 0 Å². The summed E-state index contributed by atoms with van der Waals surface area (Å²) in [5, 5.41) is 0. The smallest absolute Gasteiger partial charge is 0.194 e. The Morgan fingerprint density at radius 1 is 0.929 bits per heavy atom. The van der Waals surface area contributed by atoms with Gasteiger partial charge in [0.15, 0.2) is 17.5 Å². The monoisotopic (exact) mass is 384 g/mol. The largest absolute Gasteiger partial charge is 0.204 e. The Labute approximate surface area is 165 Å². The molecule has 2 aromatic carbocycles. The third kappa shape index (κ3) is 3.76. The molecular formula is C25H27F3. The van der Waals surface area contributed by atoms with Gasteiger partial charge >= 0.3 is 0 Å². The van der Waals surface area contributed by atoms with Gasteiger partial charge in [-0.1, -0.05) is 24.3 Å². The van der Waals surface area contributed by atoms with Crippen molar-refractivity contribution in [3.8, 4) is 0 Å². The van der Waals surface area contributed by atoms with Gasteiger partial charge < -0.3 is 0 Å². The van der Waals surface area contributed by atoms with E-state index in [0.29, 0.717) is 5.56 Å². The first-order valence-corrected chi connectivity index (χ1v) is 10.4. The second-order valence-corrected chi connectivity index (χ2v) is 8.33. The lowest BCUT2D eigenvalue weighted by atomic mass is 9.73. The van der Waals surface area contributed by atoms with Crippen molar-refractivity contribution in [2.24, 2.45) is 5.92 Å². The van der Waals surface area contributed by atoms with Crippen molar-refractivity contribution in [3.05, 3.63) is 81.7 Å². The fourth-order valence-electron chi connectivity index (χ4n) is 5.08. The van der Waals surface area contributed by atoms with E-state index in [1.165, 1.54) is 47.2 Å². The van der Waals surface area contributed by atoms with Gasteiger partial charge in [-0.3, -0.25) is 0 Å². The van der Waals surface area contributed by atoms with E-state index in [4.69, 9.17) is 0 Å². The van der Waals surface area contributed by atoms with E-state index in [2.05, 4.69) is 31.2 Å². The standard InChI is InChI=1S/C25H27F3/c1-2-3-4-5-16-6-10-21-18(12-16)7-8-19-13-17(9-11-22(19)21)20-14-23(26)25(28)24(27)15-20/h2-3,7-8,14-17H,4-6,9-13H2,1H3/t16-,17-/m0/s1. The minimum absolute atomic E-state index is 0.0484. The summed E-state index contributed by atoms with van der Waals surface area (Å²) in [4.78, 5) is 0. The van der Waals surface area contributed by atoms with E-state index in [-0.39, 0.29) is 5.92 Å². The highest BCUT2D eigenvalue weighted by atomic mass is 19.2. The second-order valence-electron chi connectivity index (χ2n) is 8.33. The zero-order valence-corrected chi connectivity index (χ0v) is 16.4. The molecule has 0 N–H and O–H groups in total. The fraction of sp³-hybridized carbons (Fsp3) is 0.440. The van der Waals surface area contributed by atoms with Crippen LogP contribution in [0.3, 0.4) is 0 Å². The maximum absolute atomic E-state index is 13.6. The maximum Gasteiger partial charge on any atom is 0.194 e. The van der Waals surface area contributed by atoms with Gasteiger partial charge in [-0.05, 0) is 110 Å². The molecule has 0 radical (unpaired) electrons. The van der Waals surface area contributed by atoms with Gasteiger partial charge in [-0.2, -0.15) is 0 Å². The van der Waals surface area contributed by atoms with E-state index < -0.39 is 17.5 Å². The Balaban J connectivity index is 1.52. The van der Waals surface area contributed by atoms with Crippen molar-refractivity contribution in [2.45, 2.75) is 64.2 Å². The fourth-order valence-corrected chi connectivity index (χ4v) is 5.08. The lowest BCUT2D eigenvalue weighted by Gasteiger charge is -2.32. The van der Waals surface area contributed by atoms with Crippen LogP contribution in [0.2, 0.25) is 0 Å². The minimum atomic E-state index is -1.38. The Bertz CT molecular complexity index is 874. The molecule has 0 heterocycles. The van der Waals surface area contributed by atoms with Crippen LogP contribution in [0.4, 0.5) is 13.2 Å². The number of benzene rings is 2. The summed E-state index contributed by atoms with van der Waals surface area (Å²) in [6.07, 6.45) is 12.9. The molecule has 0 spiro atoms. The van der Waals surface area contributed by atoms with E-state index in [9.17, 15) is 13.2 Å². The molecule has 4 rings (SSSR count). The van der Waals surface area contributed by atoms with Gasteiger partial charge in [0.25, 0.3) is 0 Å². The van der Waals surface area contributed by atoms with Gasteiger partial charge in [0, 0.05) is 0 Å². The summed E-state index contributed by atoms with van der Waals surface area (Å²) in [5.41, 5.74) is 6.35. The molecule has 0 aromatic heterocycles. The predicted octanol–water partition coefficient (Wildman–Crippen LogP) is 6.84. The highest BCUT2D eigenvalue weighted by molar-refractivity contribution is 5.45. The molecule has 2 aromatic rings. The second kappa shape index (κ2) is 8.14. The number of allylic oxidation sites excluding steroid dienone is 2. The van der Waals surface area contributed by atoms with Crippen molar-refractivity contribution in [3.63, 3.8) is 0 Å². The van der Waals surface area contributed by atoms with Gasteiger partial charge in [0.1, 0.15) is 0 Å². The molecule has 3 heteroatoms. The van der Waals surface area contributed by atoms with Crippen LogP contribution in [0.5, 0.6) is 0 Å². The van der Waals surface area contributed by atoms with Crippen LogP contribution < -0.4 is 0 Å². The Hall–Kier alpha value is -2.03. The van der Waals surface area contributed by atoms with Crippen molar-refractivity contribution >= 4 is 0 Å². The summed E-state index contributed by atoms with van der Waals surface area (Å²) >= 11 is 0. The van der Waals surface area contributed by atoms with Crippen LogP contribution in [-0.4, -0.2) is 0 Å². The van der Waals surface area contributed by atoms with Crippen molar-refractivity contribution < 1.29 is 13.2 Å². The average molecular weight is 384 g/mol. The van der Waals surface area contributed by atoms with Gasteiger partial charge in [-0.25, -0.2) is 13.2 Å². The van der Waals surface area contributed by atoms with Crippen LogP contribution >= 0.6 is 0 Å². The number of rotatable bonds is 4. The summed E-state index contributed by atoms with van der Waals surface area (Å²) in [6.45, 7) is 2.07. The Kier molecular flexibility index (Phi) is 5.61. The topological polar surface area (TPSA) is 0 Å². The molecule has 0 nitrogen and oxygen atoms in total. The van der Waals surface area contributed by atoms with Crippen LogP contribution in [0, 0.1) is 23.4 Å². The summed E-state index contributed by atoms with van der Waals surface area (Å²) in [7, 11) is 0. The zero-order chi connectivity index (χ0) is 19.7. The highest BCUT2D eigenvalue weighted by Crippen LogP contribution is 2.39. The quantitative estimate of drug-likeness (QED) is 0.400. The van der Waals surface area contributed by atoms with Crippen molar-refractivity contribution in [2.75, 3.05) is 0 Å². The van der Waals surface area contributed by atoms with Crippen LogP contribution in [-0.2, 0) is 25.7 Å². The van der Waals surface area contributed by atoms with Crippen LogP contribution in [0.25, 0.3) is 0 Å². The first kappa shape index (κ1) is 19.3. The molecule has 0 aliphatic heterocycles. The maximum atomic E-state index is 13.6. The van der Waals surface area contributed by atoms with Gasteiger partial charge in [0.05, 0.1) is 0 Å². The van der Waals surface area contributed by atoms with Crippen LogP contribution in [0.1, 0.15) is 66.3 Å². The number of hydrogen-bond acceptors (Lipinski definition) is 0. The zero-order valence-electron chi connectivity index (χ0n) is 16.4. The third-order valence-electron chi connectivity index (χ3n) is 6.60. The lowest BCUT2D eigenvalue weighted by Crippen LogP contribution is -2.20. The summed E-state index contributed by atoms with van der Waals surface area (Å²) in [5.74, 6) is -2.74. The first-order valence-electron chi connectivity index (χ1n) is 10.4. The number of fused-ring (bicyclic) bond motifs is 3. The molecule has 0 unspecified atom stereocenters. The van der Waals surface area contributed by atoms with E-state index in [1.54, 1.807) is 0 Å². The molecule has 0 bridgehead atoms. The Morgan fingerprint density at radius 3 is 2.25 bits per heavy atom. The SMILES string of the molecule is CC=CCC[C@H]1CCc2c(ccc3c2CC[C@H](c2cc(F)c(F)c(F)c2)C3)C1. The number of hydrogen-bond donors (Lipinski definition) is 0. The number of halogens is 3. The molecule has 148 valence electrons. The van der Waals surface area contributed by atoms with E-state index in [0.717, 1.165) is 44.4 Å². The molecule has 2 aliphatic carbocycles. The molecule has 2 aliphatic rings. The molecule has 0 saturated carbocycles. The molecule has 28 heavy (non-hydrogen) atoms. The Morgan fingerprint density at radius 2 is 1.57 bits per heavy atom. The molecule has 0 amide bonds. The molecule has 2 atom stereocenters. The van der Waals surface area contributed by atoms with Crippen molar-refractivity contribution in [1.82, 2.24) is 0 Å². The average Bonchev–Trinajstić information content (AvgIpc) is 2.71. The molecule has 0 fully saturated rings. The van der Waals surface area contributed by atoms with E-state index >= 15 is 0 Å². The van der Waals surface area contributed by atoms with E-state index in [1.807, 2.05) is 0 Å². The van der Waals surface area contributed by atoms with Crippen LogP contribution in [0.15, 0.2) is 36.4 Å². The van der Waals surface area contributed by atoms with Gasteiger partial charge in [0.2, 0.25) is 0 Å². The van der Waals surface area contributed by atoms with Crippen molar-refractivity contribution in [1.29, 1.82) is 0 Å². The minimum Gasteiger partial charge on any atom is -0.204 e. The molecule has 0 saturated heterocycles. The first-order chi connectivity index (χ1) is 13.6. The summed E-state index contributed by atoms with van der Waals surface area (Å²) in [6, 6.07) is 6.82. The highest BCUT2D eigenvalue weighted by Gasteiger charge is 2.27. The third-order valence-corrected chi connectivity index (χ3v) is 6.60. The molecular weight excluding hydrogens is 357 g/mol. The predicted molar refractivity (Wildman–Crippen MR) is 107 cm³/mol. The normalized spacial score (nSPS) is 21.6.